The monoisotopic (exact) mass is 426 g/mol. The Bertz CT molecular complexity index is 916. The number of methoxy groups -OCH3 is 2. The molecule has 28 heavy (non-hydrogen) atoms. The molecule has 9 heteroatoms. The van der Waals surface area contributed by atoms with Crippen LogP contribution in [0.2, 0.25) is 5.02 Å². The van der Waals surface area contributed by atoms with Crippen molar-refractivity contribution in [3.05, 3.63) is 47.5 Å². The van der Waals surface area contributed by atoms with Gasteiger partial charge in [-0.2, -0.15) is 0 Å². The third kappa shape index (κ3) is 6.03. The lowest BCUT2D eigenvalue weighted by atomic mass is 10.2. The molecule has 1 amide bonds. The summed E-state index contributed by atoms with van der Waals surface area (Å²) < 4.78 is 35.7. The van der Waals surface area contributed by atoms with Gasteiger partial charge in [0.1, 0.15) is 11.5 Å². The lowest BCUT2D eigenvalue weighted by molar-refractivity contribution is -0.116. The van der Waals surface area contributed by atoms with E-state index >= 15 is 0 Å². The largest absolute Gasteiger partial charge is 0.497 e. The zero-order chi connectivity index (χ0) is 20.7. The first-order chi connectivity index (χ1) is 13.2. The highest BCUT2D eigenvalue weighted by atomic mass is 35.5. The van der Waals surface area contributed by atoms with Crippen LogP contribution in [0.15, 0.2) is 42.5 Å². The second kappa shape index (κ2) is 9.66. The first-order valence-corrected chi connectivity index (χ1v) is 10.7. The minimum absolute atomic E-state index is 0.150. The van der Waals surface area contributed by atoms with E-state index in [0.29, 0.717) is 34.3 Å². The second-order valence-corrected chi connectivity index (χ2v) is 8.35. The van der Waals surface area contributed by atoms with Gasteiger partial charge in [-0.25, -0.2) is 8.42 Å². The Balaban J connectivity index is 1.98. The predicted octanol–water partition coefficient (Wildman–Crippen LogP) is 3.54. The number of benzene rings is 2. The van der Waals surface area contributed by atoms with E-state index in [1.807, 2.05) is 0 Å². The van der Waals surface area contributed by atoms with Gasteiger partial charge in [0.25, 0.3) is 0 Å². The van der Waals surface area contributed by atoms with E-state index in [-0.39, 0.29) is 18.9 Å². The summed E-state index contributed by atoms with van der Waals surface area (Å²) in [4.78, 5) is 12.1. The van der Waals surface area contributed by atoms with Crippen LogP contribution in [-0.2, 0) is 14.8 Å². The van der Waals surface area contributed by atoms with Crippen LogP contribution < -0.4 is 19.1 Å². The van der Waals surface area contributed by atoms with Gasteiger partial charge in [-0.1, -0.05) is 11.6 Å². The molecule has 0 unspecified atom stereocenters. The maximum Gasteiger partial charge on any atom is 0.232 e. The smallest absolute Gasteiger partial charge is 0.232 e. The van der Waals surface area contributed by atoms with Gasteiger partial charge in [0.2, 0.25) is 15.9 Å². The lowest BCUT2D eigenvalue weighted by Gasteiger charge is -2.23. The van der Waals surface area contributed by atoms with E-state index in [1.54, 1.807) is 43.5 Å². The third-order valence-corrected chi connectivity index (χ3v) is 5.45. The number of anilines is 2. The fourth-order valence-corrected chi connectivity index (χ4v) is 3.79. The van der Waals surface area contributed by atoms with Gasteiger partial charge in [-0.3, -0.25) is 9.10 Å². The molecule has 2 aromatic carbocycles. The summed E-state index contributed by atoms with van der Waals surface area (Å²) in [6, 6.07) is 11.7. The molecule has 7 nitrogen and oxygen atoms in total. The molecule has 0 radical (unpaired) electrons. The maximum atomic E-state index is 12.2. The number of nitrogens with zero attached hydrogens (tertiary/aromatic N) is 1. The molecule has 0 fully saturated rings. The molecule has 0 aliphatic rings. The molecule has 0 aliphatic carbocycles. The van der Waals surface area contributed by atoms with Crippen molar-refractivity contribution in [1.82, 2.24) is 0 Å². The Morgan fingerprint density at radius 1 is 1.11 bits per heavy atom. The minimum Gasteiger partial charge on any atom is -0.497 e. The van der Waals surface area contributed by atoms with Crippen molar-refractivity contribution in [1.29, 1.82) is 0 Å². The fourth-order valence-electron chi connectivity index (χ4n) is 2.58. The van der Waals surface area contributed by atoms with Crippen molar-refractivity contribution in [2.45, 2.75) is 12.8 Å². The standard InChI is InChI=1S/C19H23ClN2O5S/c1-26-16-9-6-14(7-10-16)21-19(23)5-4-12-22(28(3,24)25)15-8-11-18(27-2)17(20)13-15/h6-11,13H,4-5,12H2,1-3H3,(H,21,23). The molecule has 0 atom stereocenters. The Morgan fingerprint density at radius 2 is 1.79 bits per heavy atom. The zero-order valence-corrected chi connectivity index (χ0v) is 17.5. The number of hydrogen-bond donors (Lipinski definition) is 1. The fraction of sp³-hybridized carbons (Fsp3) is 0.316. The first kappa shape index (κ1) is 21.8. The van der Waals surface area contributed by atoms with Crippen LogP contribution in [-0.4, -0.2) is 41.3 Å². The van der Waals surface area contributed by atoms with E-state index in [9.17, 15) is 13.2 Å². The summed E-state index contributed by atoms with van der Waals surface area (Å²) in [5.74, 6) is 0.948. The average molecular weight is 427 g/mol. The van der Waals surface area contributed by atoms with E-state index < -0.39 is 10.0 Å². The zero-order valence-electron chi connectivity index (χ0n) is 15.9. The molecule has 0 spiro atoms. The molecule has 0 heterocycles. The van der Waals surface area contributed by atoms with Crippen LogP contribution in [0.25, 0.3) is 0 Å². The molecule has 1 N–H and O–H groups in total. The average Bonchev–Trinajstić information content (AvgIpc) is 2.65. The normalized spacial score (nSPS) is 11.0. The quantitative estimate of drug-likeness (QED) is 0.662. The van der Waals surface area contributed by atoms with Gasteiger partial charge in [0.15, 0.2) is 0 Å². The van der Waals surface area contributed by atoms with Crippen LogP contribution in [0.3, 0.4) is 0 Å². The van der Waals surface area contributed by atoms with E-state index in [2.05, 4.69) is 5.32 Å². The number of rotatable bonds is 9. The van der Waals surface area contributed by atoms with Crippen molar-refractivity contribution in [3.63, 3.8) is 0 Å². The number of sulfonamides is 1. The van der Waals surface area contributed by atoms with E-state index in [0.717, 1.165) is 6.26 Å². The van der Waals surface area contributed by atoms with Gasteiger partial charge < -0.3 is 14.8 Å². The number of halogens is 1. The van der Waals surface area contributed by atoms with Gasteiger partial charge in [-0.05, 0) is 48.9 Å². The molecule has 0 saturated carbocycles. The highest BCUT2D eigenvalue weighted by Gasteiger charge is 2.19. The number of amides is 1. The van der Waals surface area contributed by atoms with Crippen molar-refractivity contribution < 1.29 is 22.7 Å². The maximum absolute atomic E-state index is 12.2. The summed E-state index contributed by atoms with van der Waals surface area (Å²) in [6.07, 6.45) is 1.63. The van der Waals surface area contributed by atoms with Crippen LogP contribution in [0, 0.1) is 0 Å². The molecular weight excluding hydrogens is 404 g/mol. The van der Waals surface area contributed by atoms with Gasteiger partial charge >= 0.3 is 0 Å². The summed E-state index contributed by atoms with van der Waals surface area (Å²) in [5.41, 5.74) is 1.07. The first-order valence-electron chi connectivity index (χ1n) is 8.49. The summed E-state index contributed by atoms with van der Waals surface area (Å²) in [5, 5.41) is 3.08. The van der Waals surface area contributed by atoms with Crippen LogP contribution >= 0.6 is 11.6 Å². The number of hydrogen-bond acceptors (Lipinski definition) is 5. The number of ether oxygens (including phenoxy) is 2. The number of nitrogens with one attached hydrogen (secondary N) is 1. The topological polar surface area (TPSA) is 84.9 Å². The molecule has 152 valence electrons. The summed E-state index contributed by atoms with van der Waals surface area (Å²) in [7, 11) is -0.481. The molecule has 0 aliphatic heterocycles. The van der Waals surface area contributed by atoms with Crippen LogP contribution in [0.4, 0.5) is 11.4 Å². The molecule has 0 saturated heterocycles. The van der Waals surface area contributed by atoms with Crippen molar-refractivity contribution in [2.75, 3.05) is 36.6 Å². The van der Waals surface area contributed by atoms with E-state index in [4.69, 9.17) is 21.1 Å². The van der Waals surface area contributed by atoms with Gasteiger partial charge in [0.05, 0.1) is 31.2 Å². The Hall–Kier alpha value is -2.45. The molecule has 0 bridgehead atoms. The highest BCUT2D eigenvalue weighted by molar-refractivity contribution is 7.92. The van der Waals surface area contributed by atoms with Gasteiger partial charge in [-0.15, -0.1) is 0 Å². The Labute approximate surface area is 170 Å². The highest BCUT2D eigenvalue weighted by Crippen LogP contribution is 2.30. The van der Waals surface area contributed by atoms with Crippen molar-refractivity contribution in [2.24, 2.45) is 0 Å². The number of carbonyl (C=O) groups is 1. The van der Waals surface area contributed by atoms with Gasteiger partial charge in [0, 0.05) is 18.7 Å². The van der Waals surface area contributed by atoms with Crippen molar-refractivity contribution >= 4 is 38.9 Å². The van der Waals surface area contributed by atoms with Crippen molar-refractivity contribution in [3.8, 4) is 11.5 Å². The van der Waals surface area contributed by atoms with Crippen LogP contribution in [0.1, 0.15) is 12.8 Å². The second-order valence-electron chi connectivity index (χ2n) is 6.03. The molecular formula is C19H23ClN2O5S. The number of carbonyl (C=O) groups excluding carboxylic acids is 1. The summed E-state index contributed by atoms with van der Waals surface area (Å²) >= 11 is 6.10. The van der Waals surface area contributed by atoms with Crippen LogP contribution in [0.5, 0.6) is 11.5 Å². The molecule has 0 aromatic heterocycles. The third-order valence-electron chi connectivity index (χ3n) is 3.96. The Kier molecular flexibility index (Phi) is 7.53. The summed E-state index contributed by atoms with van der Waals surface area (Å²) in [6.45, 7) is 0.150. The minimum atomic E-state index is -3.53. The predicted molar refractivity (Wildman–Crippen MR) is 111 cm³/mol. The Morgan fingerprint density at radius 3 is 2.32 bits per heavy atom. The molecule has 2 rings (SSSR count). The molecule has 2 aromatic rings. The lowest BCUT2D eigenvalue weighted by Crippen LogP contribution is -2.31. The SMILES string of the molecule is COc1ccc(NC(=O)CCCN(c2ccc(OC)c(Cl)c2)S(C)(=O)=O)cc1. The van der Waals surface area contributed by atoms with E-state index in [1.165, 1.54) is 17.5 Å².